The molecule has 176 valence electrons. The van der Waals surface area contributed by atoms with Crippen LogP contribution in [0, 0.1) is 6.92 Å². The number of carbonyl (C=O) groups excluding carboxylic acids is 1. The number of rotatable bonds is 6. The molecular weight excluding hydrogens is 466 g/mol. The summed E-state index contributed by atoms with van der Waals surface area (Å²) < 4.78 is 25.9. The van der Waals surface area contributed by atoms with E-state index >= 15 is 0 Å². The van der Waals surface area contributed by atoms with Gasteiger partial charge < -0.3 is 20.0 Å². The molecule has 10 nitrogen and oxygen atoms in total. The average Bonchev–Trinajstić information content (AvgIpc) is 3.49. The fourth-order valence-corrected chi connectivity index (χ4v) is 4.17. The van der Waals surface area contributed by atoms with Crippen LogP contribution in [0.15, 0.2) is 78.5 Å². The molecule has 5 aromatic rings. The summed E-state index contributed by atoms with van der Waals surface area (Å²) in [5, 5.41) is 5.74. The number of aromatic amines is 1. The van der Waals surface area contributed by atoms with Crippen molar-refractivity contribution in [3.8, 4) is 11.3 Å². The summed E-state index contributed by atoms with van der Waals surface area (Å²) in [5.74, 6) is -0.0854. The Kier molecular flexibility index (Phi) is 5.53. The zero-order valence-corrected chi connectivity index (χ0v) is 19.7. The minimum atomic E-state index is -3.52. The van der Waals surface area contributed by atoms with Gasteiger partial charge in [0.15, 0.2) is 15.5 Å². The first-order chi connectivity index (χ1) is 16.8. The number of imidazole rings is 2. The lowest BCUT2D eigenvalue weighted by atomic mass is 10.1. The van der Waals surface area contributed by atoms with Gasteiger partial charge in [0, 0.05) is 42.3 Å². The quantitative estimate of drug-likeness (QED) is 0.331. The molecule has 3 N–H and O–H groups in total. The lowest BCUT2D eigenvalue weighted by Crippen LogP contribution is -2.16. The number of pyridine rings is 2. The van der Waals surface area contributed by atoms with Crippen LogP contribution >= 0.6 is 0 Å². The van der Waals surface area contributed by atoms with E-state index in [-0.39, 0.29) is 16.3 Å². The Balaban J connectivity index is 1.40. The molecule has 0 aliphatic rings. The Morgan fingerprint density at radius 2 is 1.91 bits per heavy atom. The lowest BCUT2D eigenvalue weighted by molar-refractivity contribution is 0.102. The molecule has 0 atom stereocenters. The second kappa shape index (κ2) is 8.69. The van der Waals surface area contributed by atoms with E-state index in [0.717, 1.165) is 34.9 Å². The van der Waals surface area contributed by atoms with Crippen LogP contribution in [-0.4, -0.2) is 44.9 Å². The van der Waals surface area contributed by atoms with Crippen molar-refractivity contribution in [2.45, 2.75) is 11.8 Å². The number of hydrogen-bond donors (Lipinski definition) is 3. The van der Waals surface area contributed by atoms with Gasteiger partial charge in [-0.25, -0.2) is 23.4 Å². The van der Waals surface area contributed by atoms with E-state index in [0.29, 0.717) is 11.5 Å². The van der Waals surface area contributed by atoms with Crippen LogP contribution in [0.3, 0.4) is 0 Å². The maximum Gasteiger partial charge on any atom is 0.276 e. The summed E-state index contributed by atoms with van der Waals surface area (Å²) in [6.07, 6.45) is 9.18. The Bertz CT molecular complexity index is 1640. The molecule has 0 aliphatic carbocycles. The minimum absolute atomic E-state index is 0.0147. The molecule has 0 fully saturated rings. The molecule has 5 rings (SSSR count). The van der Waals surface area contributed by atoms with Crippen LogP contribution in [0.4, 0.5) is 17.2 Å². The van der Waals surface area contributed by atoms with Crippen molar-refractivity contribution in [2.75, 3.05) is 16.9 Å². The molecule has 0 saturated heterocycles. The van der Waals surface area contributed by atoms with E-state index in [1.165, 1.54) is 12.4 Å². The van der Waals surface area contributed by atoms with Crippen LogP contribution in [0.1, 0.15) is 16.1 Å². The highest BCUT2D eigenvalue weighted by Gasteiger charge is 2.19. The highest BCUT2D eigenvalue weighted by Crippen LogP contribution is 2.25. The van der Waals surface area contributed by atoms with E-state index < -0.39 is 15.7 Å². The van der Waals surface area contributed by atoms with E-state index in [4.69, 9.17) is 4.98 Å². The van der Waals surface area contributed by atoms with Crippen molar-refractivity contribution in [2.24, 2.45) is 0 Å². The van der Waals surface area contributed by atoms with E-state index in [1.54, 1.807) is 18.3 Å². The molecular formula is C24H21N7O3S. The van der Waals surface area contributed by atoms with E-state index in [1.807, 2.05) is 48.0 Å². The van der Waals surface area contributed by atoms with Gasteiger partial charge in [0.05, 0.1) is 22.6 Å². The summed E-state index contributed by atoms with van der Waals surface area (Å²) in [4.78, 5) is 28.7. The highest BCUT2D eigenvalue weighted by molar-refractivity contribution is 7.90. The zero-order chi connectivity index (χ0) is 24.6. The van der Waals surface area contributed by atoms with Crippen LogP contribution < -0.4 is 10.6 Å². The van der Waals surface area contributed by atoms with Gasteiger partial charge in [0.25, 0.3) is 5.91 Å². The number of benzene rings is 1. The van der Waals surface area contributed by atoms with Gasteiger partial charge in [-0.3, -0.25) is 4.79 Å². The molecule has 0 radical (unpaired) electrons. The minimum Gasteiger partial charge on any atom is -0.349 e. The van der Waals surface area contributed by atoms with Crippen molar-refractivity contribution >= 4 is 38.6 Å². The smallest absolute Gasteiger partial charge is 0.276 e. The summed E-state index contributed by atoms with van der Waals surface area (Å²) in [7, 11) is -3.52. The van der Waals surface area contributed by atoms with Crippen LogP contribution in [0.25, 0.3) is 16.9 Å². The predicted octanol–water partition coefficient (Wildman–Crippen LogP) is 3.83. The molecule has 0 unspecified atom stereocenters. The van der Waals surface area contributed by atoms with Gasteiger partial charge in [-0.15, -0.1) is 0 Å². The number of anilines is 3. The summed E-state index contributed by atoms with van der Waals surface area (Å²) >= 11 is 0. The number of aryl methyl sites for hydroxylation is 1. The number of nitrogens with zero attached hydrogens (tertiary/aromatic N) is 4. The van der Waals surface area contributed by atoms with Crippen LogP contribution in [0.2, 0.25) is 0 Å². The third-order valence-corrected chi connectivity index (χ3v) is 6.46. The van der Waals surface area contributed by atoms with E-state index in [9.17, 15) is 13.2 Å². The largest absolute Gasteiger partial charge is 0.349 e. The molecule has 0 bridgehead atoms. The molecule has 11 heteroatoms. The lowest BCUT2D eigenvalue weighted by Gasteiger charge is -2.12. The number of sulfone groups is 1. The maximum absolute atomic E-state index is 13.0. The maximum atomic E-state index is 13.0. The van der Waals surface area contributed by atoms with Crippen molar-refractivity contribution in [3.63, 3.8) is 0 Å². The van der Waals surface area contributed by atoms with E-state index in [2.05, 4.69) is 25.6 Å². The molecule has 35 heavy (non-hydrogen) atoms. The van der Waals surface area contributed by atoms with Crippen molar-refractivity contribution in [1.29, 1.82) is 0 Å². The first kappa shape index (κ1) is 22.3. The fourth-order valence-electron chi connectivity index (χ4n) is 3.60. The fraction of sp³-hybridized carbons (Fsp3) is 0.0833. The number of carbonyl (C=O) groups is 1. The molecule has 0 saturated carbocycles. The Hall–Kier alpha value is -4.51. The zero-order valence-electron chi connectivity index (χ0n) is 18.9. The van der Waals surface area contributed by atoms with Gasteiger partial charge in [0.2, 0.25) is 0 Å². The van der Waals surface area contributed by atoms with Crippen molar-refractivity contribution in [1.82, 2.24) is 24.3 Å². The molecule has 4 heterocycles. The van der Waals surface area contributed by atoms with Gasteiger partial charge in [0.1, 0.15) is 11.5 Å². The molecule has 1 amide bonds. The Labute approximate surface area is 201 Å². The molecule has 1 aromatic carbocycles. The number of H-pyrrole nitrogens is 1. The summed E-state index contributed by atoms with van der Waals surface area (Å²) in [5.41, 5.74) is 4.49. The topological polar surface area (TPSA) is 134 Å². The first-order valence-electron chi connectivity index (χ1n) is 10.6. The third-order valence-electron chi connectivity index (χ3n) is 5.38. The number of nitrogens with one attached hydrogen (secondary N) is 3. The third kappa shape index (κ3) is 4.62. The van der Waals surface area contributed by atoms with Crippen molar-refractivity contribution in [3.05, 3.63) is 84.8 Å². The summed E-state index contributed by atoms with van der Waals surface area (Å²) in [6.45, 7) is 2.01. The second-order valence-electron chi connectivity index (χ2n) is 8.00. The normalized spacial score (nSPS) is 11.5. The molecule has 0 spiro atoms. The van der Waals surface area contributed by atoms with Gasteiger partial charge in [-0.05, 0) is 36.8 Å². The SMILES string of the molecule is Cc1cccn2cc(-c3ccc(NC(=O)c4ncc(S(C)(=O)=O)cc4Nc4c[nH]cn4)cc3)nc12. The average molecular weight is 488 g/mol. The first-order valence-corrected chi connectivity index (χ1v) is 12.5. The Morgan fingerprint density at radius 3 is 2.60 bits per heavy atom. The second-order valence-corrected chi connectivity index (χ2v) is 10.0. The standard InChI is InChI=1S/C24H21N7O3S/c1-15-4-3-9-31-13-20(30-23(15)31)16-5-7-17(8-6-16)28-24(32)22-19(29-21-12-25-14-27-21)10-18(11-26-22)35(2,33)34/h3-14,29H,1-2H3,(H,25,27)(H,28,32). The number of aromatic nitrogens is 5. The number of hydrogen-bond acceptors (Lipinski definition) is 7. The highest BCUT2D eigenvalue weighted by atomic mass is 32.2. The molecule has 0 aliphatic heterocycles. The number of amides is 1. The van der Waals surface area contributed by atoms with Gasteiger partial charge >= 0.3 is 0 Å². The Morgan fingerprint density at radius 1 is 1.11 bits per heavy atom. The van der Waals surface area contributed by atoms with Crippen molar-refractivity contribution < 1.29 is 13.2 Å². The monoisotopic (exact) mass is 487 g/mol. The van der Waals surface area contributed by atoms with Crippen LogP contribution in [0.5, 0.6) is 0 Å². The molecule has 4 aromatic heterocycles. The summed E-state index contributed by atoms with van der Waals surface area (Å²) in [6, 6.07) is 12.6. The van der Waals surface area contributed by atoms with Crippen LogP contribution in [-0.2, 0) is 9.84 Å². The van der Waals surface area contributed by atoms with Gasteiger partial charge in [-0.1, -0.05) is 18.2 Å². The van der Waals surface area contributed by atoms with Gasteiger partial charge in [-0.2, -0.15) is 0 Å². The predicted molar refractivity (Wildman–Crippen MR) is 133 cm³/mol. The number of fused-ring (bicyclic) bond motifs is 1.